The average Bonchev–Trinajstić information content (AvgIpc) is 2.06. The van der Waals surface area contributed by atoms with Gasteiger partial charge < -0.3 is 5.11 Å². The number of allylic oxidation sites excluding steroid dienone is 1. The van der Waals surface area contributed by atoms with Crippen LogP contribution in [0.25, 0.3) is 0 Å². The van der Waals surface area contributed by atoms with Crippen molar-refractivity contribution in [3.8, 4) is 0 Å². The van der Waals surface area contributed by atoms with Crippen molar-refractivity contribution in [2.75, 3.05) is 6.61 Å². The lowest BCUT2D eigenvalue weighted by molar-refractivity contribution is 0.337. The van der Waals surface area contributed by atoms with Gasteiger partial charge in [0.1, 0.15) is 0 Å². The number of aliphatic hydroxyl groups excluding tert-OH is 1. The number of halogens is 1. The number of hydrogen-bond donors (Lipinski definition) is 1. The molecule has 11 heavy (non-hydrogen) atoms. The molecule has 0 atom stereocenters. The Morgan fingerprint density at radius 1 is 1.36 bits per heavy atom. The number of hydrogen-bond acceptors (Lipinski definition) is 1. The molecule has 0 radical (unpaired) electrons. The molecule has 0 aromatic rings. The van der Waals surface area contributed by atoms with Crippen LogP contribution in [0.3, 0.4) is 0 Å². The van der Waals surface area contributed by atoms with Gasteiger partial charge in [0.05, 0.1) is 6.61 Å². The predicted octanol–water partition coefficient (Wildman–Crippen LogP) is 2.84. The molecule has 0 bridgehead atoms. The highest BCUT2D eigenvalue weighted by atomic mass is 79.9. The maximum Gasteiger partial charge on any atom is 0.0743 e. The Hall–Kier alpha value is 0.180. The van der Waals surface area contributed by atoms with E-state index in [0.29, 0.717) is 5.92 Å². The third kappa shape index (κ3) is 3.39. The molecule has 0 heterocycles. The van der Waals surface area contributed by atoms with Crippen LogP contribution in [-0.2, 0) is 0 Å². The van der Waals surface area contributed by atoms with Crippen LogP contribution in [0.2, 0.25) is 0 Å². The topological polar surface area (TPSA) is 20.2 Å². The smallest absolute Gasteiger partial charge is 0.0743 e. The first-order chi connectivity index (χ1) is 5.33. The van der Waals surface area contributed by atoms with E-state index in [0.717, 1.165) is 4.48 Å². The van der Waals surface area contributed by atoms with Crippen LogP contribution in [-0.4, -0.2) is 11.7 Å². The molecule has 0 aromatic heterocycles. The van der Waals surface area contributed by atoms with E-state index in [2.05, 4.69) is 22.0 Å². The fourth-order valence-corrected chi connectivity index (χ4v) is 1.98. The summed E-state index contributed by atoms with van der Waals surface area (Å²) in [6.45, 7) is 0.149. The Morgan fingerprint density at radius 2 is 2.00 bits per heavy atom. The molecule has 0 unspecified atom stereocenters. The van der Waals surface area contributed by atoms with Gasteiger partial charge in [0, 0.05) is 4.48 Å². The molecule has 1 N–H and O–H groups in total. The van der Waals surface area contributed by atoms with E-state index in [9.17, 15) is 0 Å². The van der Waals surface area contributed by atoms with E-state index in [1.807, 2.05) is 0 Å². The third-order valence-corrected chi connectivity index (χ3v) is 2.73. The van der Waals surface area contributed by atoms with Crippen molar-refractivity contribution in [1.82, 2.24) is 0 Å². The van der Waals surface area contributed by atoms with Gasteiger partial charge >= 0.3 is 0 Å². The lowest BCUT2D eigenvalue weighted by Gasteiger charge is -2.18. The van der Waals surface area contributed by atoms with Crippen LogP contribution in [0.1, 0.15) is 32.1 Å². The SMILES string of the molecule is OCC(Br)=CC1CCCCC1. The summed E-state index contributed by atoms with van der Waals surface area (Å²) in [6, 6.07) is 0. The molecule has 1 aliphatic rings. The Bertz CT molecular complexity index is 136. The van der Waals surface area contributed by atoms with Gasteiger partial charge in [-0.3, -0.25) is 0 Å². The zero-order valence-corrected chi connectivity index (χ0v) is 8.31. The molecular weight excluding hydrogens is 204 g/mol. The van der Waals surface area contributed by atoms with Crippen LogP contribution >= 0.6 is 15.9 Å². The Labute approximate surface area is 76.6 Å². The summed E-state index contributed by atoms with van der Waals surface area (Å²) in [5.74, 6) is 0.713. The Balaban J connectivity index is 2.34. The molecule has 0 aliphatic heterocycles. The van der Waals surface area contributed by atoms with Gasteiger partial charge in [0.15, 0.2) is 0 Å². The molecular formula is C9H15BrO. The molecule has 0 amide bonds. The quantitative estimate of drug-likeness (QED) is 0.757. The van der Waals surface area contributed by atoms with Crippen LogP contribution in [0.5, 0.6) is 0 Å². The maximum absolute atomic E-state index is 8.75. The minimum absolute atomic E-state index is 0.149. The van der Waals surface area contributed by atoms with Crippen LogP contribution in [0, 0.1) is 5.92 Å². The third-order valence-electron chi connectivity index (χ3n) is 2.22. The molecule has 1 rings (SSSR count). The van der Waals surface area contributed by atoms with Crippen molar-refractivity contribution < 1.29 is 5.11 Å². The molecule has 1 aliphatic carbocycles. The van der Waals surface area contributed by atoms with Crippen molar-refractivity contribution in [1.29, 1.82) is 0 Å². The van der Waals surface area contributed by atoms with Crippen molar-refractivity contribution >= 4 is 15.9 Å². The summed E-state index contributed by atoms with van der Waals surface area (Å²) in [4.78, 5) is 0. The summed E-state index contributed by atoms with van der Waals surface area (Å²) in [6.07, 6.45) is 8.87. The van der Waals surface area contributed by atoms with Gasteiger partial charge in [-0.25, -0.2) is 0 Å². The van der Waals surface area contributed by atoms with Gasteiger partial charge in [-0.05, 0) is 18.8 Å². The van der Waals surface area contributed by atoms with E-state index in [1.165, 1.54) is 32.1 Å². The van der Waals surface area contributed by atoms with E-state index in [-0.39, 0.29) is 6.61 Å². The molecule has 1 fully saturated rings. The van der Waals surface area contributed by atoms with Gasteiger partial charge in [0.2, 0.25) is 0 Å². The second kappa shape index (κ2) is 4.94. The molecule has 0 saturated heterocycles. The second-order valence-electron chi connectivity index (χ2n) is 3.17. The van der Waals surface area contributed by atoms with E-state index in [1.54, 1.807) is 0 Å². The van der Waals surface area contributed by atoms with Gasteiger partial charge in [-0.2, -0.15) is 0 Å². The fourth-order valence-electron chi connectivity index (χ4n) is 1.61. The van der Waals surface area contributed by atoms with Crippen molar-refractivity contribution in [2.24, 2.45) is 5.92 Å². The molecule has 2 heteroatoms. The monoisotopic (exact) mass is 218 g/mol. The van der Waals surface area contributed by atoms with Crippen molar-refractivity contribution in [3.63, 3.8) is 0 Å². The van der Waals surface area contributed by atoms with E-state index in [4.69, 9.17) is 5.11 Å². The zero-order valence-electron chi connectivity index (χ0n) is 6.72. The second-order valence-corrected chi connectivity index (χ2v) is 4.19. The lowest BCUT2D eigenvalue weighted by atomic mass is 9.89. The average molecular weight is 219 g/mol. The fraction of sp³-hybridized carbons (Fsp3) is 0.778. The number of rotatable bonds is 2. The first-order valence-corrected chi connectivity index (χ1v) is 5.09. The zero-order chi connectivity index (χ0) is 8.10. The standard InChI is InChI=1S/C9H15BrO/c10-9(7-11)6-8-4-2-1-3-5-8/h6,8,11H,1-5,7H2. The van der Waals surface area contributed by atoms with Crippen LogP contribution in [0.15, 0.2) is 10.6 Å². The Kier molecular flexibility index (Phi) is 4.16. The van der Waals surface area contributed by atoms with Crippen LogP contribution in [0.4, 0.5) is 0 Å². The van der Waals surface area contributed by atoms with E-state index >= 15 is 0 Å². The summed E-state index contributed by atoms with van der Waals surface area (Å²) in [5.41, 5.74) is 0. The van der Waals surface area contributed by atoms with Gasteiger partial charge in [-0.1, -0.05) is 41.3 Å². The van der Waals surface area contributed by atoms with Crippen molar-refractivity contribution in [3.05, 3.63) is 10.6 Å². The lowest BCUT2D eigenvalue weighted by Crippen LogP contribution is -2.03. The largest absolute Gasteiger partial charge is 0.391 e. The van der Waals surface area contributed by atoms with Crippen molar-refractivity contribution in [2.45, 2.75) is 32.1 Å². The van der Waals surface area contributed by atoms with Gasteiger partial charge in [-0.15, -0.1) is 0 Å². The predicted molar refractivity (Wildman–Crippen MR) is 50.7 cm³/mol. The molecule has 0 spiro atoms. The first-order valence-electron chi connectivity index (χ1n) is 4.30. The van der Waals surface area contributed by atoms with E-state index < -0.39 is 0 Å². The maximum atomic E-state index is 8.75. The summed E-state index contributed by atoms with van der Waals surface area (Å²) in [5, 5.41) is 8.75. The molecule has 64 valence electrons. The first kappa shape index (κ1) is 9.27. The molecule has 1 saturated carbocycles. The summed E-state index contributed by atoms with van der Waals surface area (Å²) in [7, 11) is 0. The summed E-state index contributed by atoms with van der Waals surface area (Å²) >= 11 is 3.32. The highest BCUT2D eigenvalue weighted by Crippen LogP contribution is 2.26. The normalized spacial score (nSPS) is 22.2. The van der Waals surface area contributed by atoms with Crippen LogP contribution < -0.4 is 0 Å². The highest BCUT2D eigenvalue weighted by molar-refractivity contribution is 9.11. The minimum Gasteiger partial charge on any atom is -0.391 e. The molecule has 0 aromatic carbocycles. The van der Waals surface area contributed by atoms with Gasteiger partial charge in [0.25, 0.3) is 0 Å². The highest BCUT2D eigenvalue weighted by Gasteiger charge is 2.10. The Morgan fingerprint density at radius 3 is 2.55 bits per heavy atom. The molecule has 1 nitrogen and oxygen atoms in total. The minimum atomic E-state index is 0.149. The number of aliphatic hydroxyl groups is 1. The summed E-state index contributed by atoms with van der Waals surface area (Å²) < 4.78 is 0.949.